The number of fused-ring (bicyclic) bond motifs is 1. The van der Waals surface area contributed by atoms with E-state index in [-0.39, 0.29) is 19.1 Å². The van der Waals surface area contributed by atoms with Crippen LogP contribution in [0.25, 0.3) is 10.8 Å². The number of nitrogens with one attached hydrogen (secondary N) is 1. The first-order chi connectivity index (χ1) is 13.5. The van der Waals surface area contributed by atoms with Gasteiger partial charge in [0.15, 0.2) is 0 Å². The van der Waals surface area contributed by atoms with Gasteiger partial charge in [0.05, 0.1) is 6.54 Å². The Morgan fingerprint density at radius 3 is 2.57 bits per heavy atom. The second kappa shape index (κ2) is 7.17. The largest absolute Gasteiger partial charge is 0.492 e. The smallest absolute Gasteiger partial charge is 0.325 e. The lowest BCUT2D eigenvalue weighted by Gasteiger charge is -2.22. The Bertz CT molecular complexity index is 1070. The summed E-state index contributed by atoms with van der Waals surface area (Å²) < 4.78 is 5.62. The van der Waals surface area contributed by atoms with Gasteiger partial charge in [-0.3, -0.25) is 9.69 Å². The number of benzene rings is 3. The second-order valence-electron chi connectivity index (χ2n) is 6.88. The van der Waals surface area contributed by atoms with E-state index in [2.05, 4.69) is 5.32 Å². The van der Waals surface area contributed by atoms with Gasteiger partial charge < -0.3 is 10.1 Å². The van der Waals surface area contributed by atoms with Crippen LogP contribution in [0.5, 0.6) is 5.75 Å². The van der Waals surface area contributed by atoms with E-state index in [9.17, 15) is 9.59 Å². The first-order valence-corrected chi connectivity index (χ1v) is 9.37. The molecule has 1 fully saturated rings. The van der Waals surface area contributed by atoms with Gasteiger partial charge >= 0.3 is 6.03 Å². The number of halogens is 1. The Morgan fingerprint density at radius 2 is 1.79 bits per heavy atom. The Balaban J connectivity index is 1.50. The third-order valence-electron chi connectivity index (χ3n) is 4.98. The van der Waals surface area contributed by atoms with E-state index < -0.39 is 11.6 Å². The molecule has 0 aromatic heterocycles. The standard InChI is InChI=1S/C22H19ClN2O3/c1-22(17-10-9-15-5-2-3-6-16(15)13-17)20(26)25(21(27)24-22)11-12-28-19-8-4-7-18(23)14-19/h2-10,13-14H,11-12H2,1H3,(H,24,27)/t22-/m1/s1. The molecule has 0 unspecified atom stereocenters. The van der Waals surface area contributed by atoms with Crippen LogP contribution in [-0.4, -0.2) is 30.0 Å². The highest BCUT2D eigenvalue weighted by Crippen LogP contribution is 2.31. The molecule has 0 bridgehead atoms. The normalized spacial score (nSPS) is 19.1. The van der Waals surface area contributed by atoms with Crippen LogP contribution in [0.4, 0.5) is 4.79 Å². The molecule has 1 N–H and O–H groups in total. The number of ether oxygens (including phenoxy) is 1. The maximum Gasteiger partial charge on any atom is 0.325 e. The van der Waals surface area contributed by atoms with Crippen LogP contribution < -0.4 is 10.1 Å². The minimum Gasteiger partial charge on any atom is -0.492 e. The van der Waals surface area contributed by atoms with Crippen molar-refractivity contribution in [1.82, 2.24) is 10.2 Å². The maximum absolute atomic E-state index is 13.0. The summed E-state index contributed by atoms with van der Waals surface area (Å²) in [7, 11) is 0. The van der Waals surface area contributed by atoms with Crippen LogP contribution in [0.1, 0.15) is 12.5 Å². The lowest BCUT2D eigenvalue weighted by Crippen LogP contribution is -2.41. The zero-order valence-corrected chi connectivity index (χ0v) is 16.1. The summed E-state index contributed by atoms with van der Waals surface area (Å²) in [5, 5.41) is 5.50. The third kappa shape index (κ3) is 3.29. The molecule has 1 saturated heterocycles. The molecule has 1 atom stereocenters. The predicted octanol–water partition coefficient (Wildman–Crippen LogP) is 4.34. The SMILES string of the molecule is C[C@]1(c2ccc3ccccc3c2)NC(=O)N(CCOc2cccc(Cl)c2)C1=O. The van der Waals surface area contributed by atoms with E-state index in [0.717, 1.165) is 16.3 Å². The molecule has 5 nitrogen and oxygen atoms in total. The summed E-state index contributed by atoms with van der Waals surface area (Å²) in [5.74, 6) is 0.305. The predicted molar refractivity (Wildman–Crippen MR) is 108 cm³/mol. The maximum atomic E-state index is 13.0. The Morgan fingerprint density at radius 1 is 1.00 bits per heavy atom. The molecule has 0 radical (unpaired) electrons. The van der Waals surface area contributed by atoms with Crippen molar-refractivity contribution in [3.8, 4) is 5.75 Å². The van der Waals surface area contributed by atoms with Gasteiger partial charge in [0, 0.05) is 5.02 Å². The van der Waals surface area contributed by atoms with Crippen molar-refractivity contribution >= 4 is 34.3 Å². The van der Waals surface area contributed by atoms with Gasteiger partial charge in [-0.05, 0) is 47.5 Å². The van der Waals surface area contributed by atoms with E-state index >= 15 is 0 Å². The first kappa shape index (κ1) is 18.3. The van der Waals surface area contributed by atoms with Crippen LogP contribution in [0.15, 0.2) is 66.7 Å². The van der Waals surface area contributed by atoms with Crippen molar-refractivity contribution in [2.75, 3.05) is 13.2 Å². The number of hydrogen-bond donors (Lipinski definition) is 1. The van der Waals surface area contributed by atoms with Gasteiger partial charge in [-0.2, -0.15) is 0 Å². The minimum atomic E-state index is -1.10. The molecule has 3 aromatic carbocycles. The molecule has 1 aliphatic rings. The first-order valence-electron chi connectivity index (χ1n) is 8.99. The Labute approximate surface area is 167 Å². The fourth-order valence-electron chi connectivity index (χ4n) is 3.41. The van der Waals surface area contributed by atoms with E-state index in [4.69, 9.17) is 16.3 Å². The highest BCUT2D eigenvalue weighted by molar-refractivity contribution is 6.30. The summed E-state index contributed by atoms with van der Waals surface area (Å²) in [6.45, 7) is 2.07. The molecule has 0 spiro atoms. The van der Waals surface area contributed by atoms with Gasteiger partial charge in [0.25, 0.3) is 5.91 Å². The Hall–Kier alpha value is -3.05. The zero-order valence-electron chi connectivity index (χ0n) is 15.3. The quantitative estimate of drug-likeness (QED) is 0.655. The fourth-order valence-corrected chi connectivity index (χ4v) is 3.59. The van der Waals surface area contributed by atoms with Crippen LogP contribution in [0.3, 0.4) is 0 Å². The molecular formula is C22H19ClN2O3. The van der Waals surface area contributed by atoms with Gasteiger partial charge in [0.1, 0.15) is 17.9 Å². The van der Waals surface area contributed by atoms with Crippen molar-refractivity contribution in [3.63, 3.8) is 0 Å². The van der Waals surface area contributed by atoms with Gasteiger partial charge in [-0.1, -0.05) is 54.1 Å². The average Bonchev–Trinajstić information content (AvgIpc) is 2.91. The number of hydrogen-bond acceptors (Lipinski definition) is 3. The van der Waals surface area contributed by atoms with E-state index in [1.807, 2.05) is 42.5 Å². The van der Waals surface area contributed by atoms with Gasteiger partial charge in [0.2, 0.25) is 0 Å². The van der Waals surface area contributed by atoms with Crippen molar-refractivity contribution in [2.24, 2.45) is 0 Å². The topological polar surface area (TPSA) is 58.6 Å². The van der Waals surface area contributed by atoms with Crippen LogP contribution in [0, 0.1) is 0 Å². The molecule has 1 aliphatic heterocycles. The molecule has 1 heterocycles. The van der Waals surface area contributed by atoms with Crippen molar-refractivity contribution < 1.29 is 14.3 Å². The van der Waals surface area contributed by atoms with Gasteiger partial charge in [-0.25, -0.2) is 4.79 Å². The molecule has 6 heteroatoms. The number of imide groups is 1. The monoisotopic (exact) mass is 394 g/mol. The minimum absolute atomic E-state index is 0.153. The van der Waals surface area contributed by atoms with Crippen molar-refractivity contribution in [2.45, 2.75) is 12.5 Å². The summed E-state index contributed by atoms with van der Waals surface area (Å²) >= 11 is 5.94. The third-order valence-corrected chi connectivity index (χ3v) is 5.22. The van der Waals surface area contributed by atoms with E-state index in [1.54, 1.807) is 31.2 Å². The molecule has 142 valence electrons. The van der Waals surface area contributed by atoms with Crippen LogP contribution >= 0.6 is 11.6 Å². The number of carbonyl (C=O) groups is 2. The average molecular weight is 395 g/mol. The molecule has 3 amide bonds. The number of rotatable bonds is 5. The van der Waals surface area contributed by atoms with Crippen molar-refractivity contribution in [3.05, 3.63) is 77.3 Å². The highest BCUT2D eigenvalue weighted by atomic mass is 35.5. The number of urea groups is 1. The molecule has 3 aromatic rings. The molecule has 28 heavy (non-hydrogen) atoms. The lowest BCUT2D eigenvalue weighted by molar-refractivity contribution is -0.131. The van der Waals surface area contributed by atoms with Crippen LogP contribution in [0.2, 0.25) is 5.02 Å². The fraction of sp³-hybridized carbons (Fsp3) is 0.182. The second-order valence-corrected chi connectivity index (χ2v) is 7.32. The van der Waals surface area contributed by atoms with Crippen LogP contribution in [-0.2, 0) is 10.3 Å². The number of nitrogens with zero attached hydrogens (tertiary/aromatic N) is 1. The summed E-state index contributed by atoms with van der Waals surface area (Å²) in [5.41, 5.74) is -0.347. The van der Waals surface area contributed by atoms with Gasteiger partial charge in [-0.15, -0.1) is 0 Å². The summed E-state index contributed by atoms with van der Waals surface area (Å²) in [6, 6.07) is 20.3. The Kier molecular flexibility index (Phi) is 4.69. The zero-order chi connectivity index (χ0) is 19.7. The molecular weight excluding hydrogens is 376 g/mol. The molecule has 0 aliphatic carbocycles. The van der Waals surface area contributed by atoms with E-state index in [1.165, 1.54) is 4.90 Å². The van der Waals surface area contributed by atoms with E-state index in [0.29, 0.717) is 10.8 Å². The number of carbonyl (C=O) groups excluding carboxylic acids is 2. The molecule has 4 rings (SSSR count). The highest BCUT2D eigenvalue weighted by Gasteiger charge is 2.48. The lowest BCUT2D eigenvalue weighted by atomic mass is 9.90. The number of amides is 3. The summed E-state index contributed by atoms with van der Waals surface area (Å²) in [6.07, 6.45) is 0. The summed E-state index contributed by atoms with van der Waals surface area (Å²) in [4.78, 5) is 26.7. The molecule has 0 saturated carbocycles. The van der Waals surface area contributed by atoms with Crippen molar-refractivity contribution in [1.29, 1.82) is 0 Å².